The first-order valence-corrected chi connectivity index (χ1v) is 24.8. The van der Waals surface area contributed by atoms with E-state index in [0.717, 1.165) is 37.7 Å². The van der Waals surface area contributed by atoms with Crippen LogP contribution in [-0.2, 0) is 8.85 Å². The lowest BCUT2D eigenvalue weighted by molar-refractivity contribution is 0.0503. The Morgan fingerprint density at radius 2 is 1.60 bits per heavy atom. The van der Waals surface area contributed by atoms with Crippen molar-refractivity contribution >= 4 is 28.4 Å². The summed E-state index contributed by atoms with van der Waals surface area (Å²) in [7, 11) is -4.28. The molecule has 0 aromatic heterocycles. The van der Waals surface area contributed by atoms with E-state index in [9.17, 15) is 5.11 Å². The lowest BCUT2D eigenvalue weighted by Gasteiger charge is -2.51. The minimum absolute atomic E-state index is 0.0709. The van der Waals surface area contributed by atoms with Crippen LogP contribution in [0.25, 0.3) is 0 Å². The summed E-state index contributed by atoms with van der Waals surface area (Å²) in [6.45, 7) is 37.2. The average molecular weight is 675 g/mol. The highest BCUT2D eigenvalue weighted by atomic mass is 32.2. The first-order valence-electron chi connectivity index (χ1n) is 18.0. The molecule has 0 amide bonds. The van der Waals surface area contributed by atoms with Crippen molar-refractivity contribution < 1.29 is 14.0 Å². The summed E-state index contributed by atoms with van der Waals surface area (Å²) in [6.07, 6.45) is 16.5. The Hall–Kier alpha value is -0.376. The van der Waals surface area contributed by atoms with Crippen LogP contribution in [-0.4, -0.2) is 44.1 Å². The molecule has 0 saturated heterocycles. The molecule has 3 aliphatic carbocycles. The van der Waals surface area contributed by atoms with Crippen LogP contribution >= 0.6 is 11.8 Å². The molecule has 0 radical (unpaired) electrons. The molecule has 0 unspecified atom stereocenters. The number of hydrogen-bond donors (Lipinski definition) is 1. The van der Waals surface area contributed by atoms with Crippen molar-refractivity contribution in [2.45, 2.75) is 180 Å². The molecule has 0 aliphatic heterocycles. The molecule has 3 rings (SSSR count). The van der Waals surface area contributed by atoms with Crippen molar-refractivity contribution in [3.8, 4) is 0 Å². The Bertz CT molecular complexity index is 1160. The summed E-state index contributed by atoms with van der Waals surface area (Å²) < 4.78 is 14.8. The number of aliphatic hydroxyl groups is 1. The van der Waals surface area contributed by atoms with Crippen molar-refractivity contribution in [1.82, 2.24) is 0 Å². The molecule has 3 aliphatic rings. The van der Waals surface area contributed by atoms with Crippen LogP contribution < -0.4 is 0 Å². The Balaban J connectivity index is 2.13. The SMILES string of the molecule is C=C1C(=CC=C2CCC[C@]3(C)C(CC)=CC[C@@H]23)C[C@](O[Si](C)(C)C(C)(C)C)(SCC(O)(CC)CC)C[C@@H]1O[Si](C)(C)C(C)(C)C. The summed E-state index contributed by atoms with van der Waals surface area (Å²) in [5, 5.41) is 11.7. The molecule has 6 heteroatoms. The van der Waals surface area contributed by atoms with Gasteiger partial charge in [-0.25, -0.2) is 0 Å². The summed E-state index contributed by atoms with van der Waals surface area (Å²) in [4.78, 5) is -0.481. The largest absolute Gasteiger partial charge is 0.410 e. The summed E-state index contributed by atoms with van der Waals surface area (Å²) in [5.41, 5.74) is 5.27. The Labute approximate surface area is 285 Å². The topological polar surface area (TPSA) is 38.7 Å². The third-order valence-electron chi connectivity index (χ3n) is 12.8. The number of rotatable bonds is 11. The summed E-state index contributed by atoms with van der Waals surface area (Å²) in [5.74, 6) is 1.27. The molecule has 0 aromatic carbocycles. The standard InChI is InChI=1S/C39H70O3SSi2/c1-16-32-23-24-33-30(20-19-25-37(32,33)11)21-22-31-26-39(42-45(14,15)36(8,9)10,43-28-38(40,17-2)18-3)27-34(29(31)4)41-44(12,13)35(5,6)7/h21-23,33-34,40H,4,16-20,24-28H2,1-3,5-15H3/t33-,34-,37+,39-/m0/s1. The molecule has 45 heavy (non-hydrogen) atoms. The minimum Gasteiger partial charge on any atom is -0.410 e. The lowest BCUT2D eigenvalue weighted by Crippen LogP contribution is -2.54. The molecule has 1 N–H and O–H groups in total. The van der Waals surface area contributed by atoms with Crippen molar-refractivity contribution in [1.29, 1.82) is 0 Å². The van der Waals surface area contributed by atoms with E-state index < -0.39 is 27.2 Å². The Morgan fingerprint density at radius 3 is 2.13 bits per heavy atom. The van der Waals surface area contributed by atoms with Crippen molar-refractivity contribution in [3.63, 3.8) is 0 Å². The average Bonchev–Trinajstić information content (AvgIpc) is 3.27. The molecule has 2 saturated carbocycles. The van der Waals surface area contributed by atoms with Gasteiger partial charge in [-0.2, -0.15) is 0 Å². The van der Waals surface area contributed by atoms with Gasteiger partial charge < -0.3 is 14.0 Å². The molecule has 2 fully saturated rings. The fraction of sp³-hybridized carbons (Fsp3) is 0.795. The van der Waals surface area contributed by atoms with Gasteiger partial charge in [0.05, 0.1) is 11.7 Å². The molecular formula is C39H70O3SSi2. The number of allylic oxidation sites excluding steroid dienone is 5. The molecule has 258 valence electrons. The van der Waals surface area contributed by atoms with Gasteiger partial charge in [-0.3, -0.25) is 0 Å². The van der Waals surface area contributed by atoms with Crippen LogP contribution in [0.5, 0.6) is 0 Å². The van der Waals surface area contributed by atoms with E-state index in [0.29, 0.717) is 17.1 Å². The van der Waals surface area contributed by atoms with E-state index in [1.54, 1.807) is 11.1 Å². The maximum atomic E-state index is 11.5. The Kier molecular flexibility index (Phi) is 12.0. The van der Waals surface area contributed by atoms with Gasteiger partial charge in [-0.05, 0) is 104 Å². The zero-order chi connectivity index (χ0) is 34.3. The first kappa shape index (κ1) is 39.1. The van der Waals surface area contributed by atoms with Gasteiger partial charge >= 0.3 is 0 Å². The first-order chi connectivity index (χ1) is 20.5. The predicted octanol–water partition coefficient (Wildman–Crippen LogP) is 12.1. The molecule has 0 spiro atoms. The van der Waals surface area contributed by atoms with Crippen LogP contribution in [0.2, 0.25) is 36.3 Å². The van der Waals surface area contributed by atoms with Gasteiger partial charge in [0.25, 0.3) is 0 Å². The van der Waals surface area contributed by atoms with Crippen LogP contribution in [0, 0.1) is 11.3 Å². The van der Waals surface area contributed by atoms with Crippen LogP contribution in [0.1, 0.15) is 127 Å². The van der Waals surface area contributed by atoms with Crippen molar-refractivity contribution in [2.24, 2.45) is 11.3 Å². The summed E-state index contributed by atoms with van der Waals surface area (Å²) in [6, 6.07) is 0. The van der Waals surface area contributed by atoms with Gasteiger partial charge in [0.15, 0.2) is 16.6 Å². The van der Waals surface area contributed by atoms with Gasteiger partial charge in [0, 0.05) is 18.6 Å². The van der Waals surface area contributed by atoms with E-state index in [-0.39, 0.29) is 16.2 Å². The fourth-order valence-electron chi connectivity index (χ4n) is 7.12. The highest BCUT2D eigenvalue weighted by Crippen LogP contribution is 2.56. The lowest BCUT2D eigenvalue weighted by atomic mass is 9.64. The van der Waals surface area contributed by atoms with Gasteiger partial charge in [0.2, 0.25) is 0 Å². The Morgan fingerprint density at radius 1 is 1.00 bits per heavy atom. The number of fused-ring (bicyclic) bond motifs is 1. The van der Waals surface area contributed by atoms with E-state index in [1.807, 2.05) is 11.8 Å². The fourth-order valence-corrected chi connectivity index (χ4v) is 12.1. The smallest absolute Gasteiger partial charge is 0.193 e. The molecule has 3 nitrogen and oxygen atoms in total. The van der Waals surface area contributed by atoms with Crippen LogP contribution in [0.4, 0.5) is 0 Å². The zero-order valence-electron chi connectivity index (χ0n) is 31.8. The molecule has 0 heterocycles. The molecule has 0 aromatic rings. The van der Waals surface area contributed by atoms with Crippen molar-refractivity contribution in [3.05, 3.63) is 47.1 Å². The quantitative estimate of drug-likeness (QED) is 0.134. The maximum Gasteiger partial charge on any atom is 0.193 e. The minimum atomic E-state index is -2.18. The van der Waals surface area contributed by atoms with Gasteiger partial charge in [-0.15, -0.1) is 11.8 Å². The normalized spacial score (nSPS) is 30.6. The zero-order valence-corrected chi connectivity index (χ0v) is 34.7. The number of hydrogen-bond acceptors (Lipinski definition) is 4. The van der Waals surface area contributed by atoms with E-state index in [2.05, 4.69) is 114 Å². The van der Waals surface area contributed by atoms with Crippen LogP contribution in [0.3, 0.4) is 0 Å². The monoisotopic (exact) mass is 674 g/mol. The second-order valence-electron chi connectivity index (χ2n) is 17.8. The third-order valence-corrected chi connectivity index (χ3v) is 23.5. The van der Waals surface area contributed by atoms with Gasteiger partial charge in [-0.1, -0.05) is 105 Å². The highest BCUT2D eigenvalue weighted by Gasteiger charge is 2.52. The van der Waals surface area contributed by atoms with E-state index in [1.165, 1.54) is 31.3 Å². The molecular weight excluding hydrogens is 605 g/mol. The van der Waals surface area contributed by atoms with E-state index >= 15 is 0 Å². The summed E-state index contributed by atoms with van der Waals surface area (Å²) >= 11 is 1.85. The highest BCUT2D eigenvalue weighted by molar-refractivity contribution is 8.00. The molecule has 4 atom stereocenters. The van der Waals surface area contributed by atoms with Gasteiger partial charge in [0.1, 0.15) is 4.93 Å². The molecule has 0 bridgehead atoms. The van der Waals surface area contributed by atoms with Crippen LogP contribution in [0.15, 0.2) is 47.1 Å². The predicted molar refractivity (Wildman–Crippen MR) is 204 cm³/mol. The third kappa shape index (κ3) is 8.44. The van der Waals surface area contributed by atoms with E-state index in [4.69, 9.17) is 15.4 Å². The second kappa shape index (κ2) is 13.9. The van der Waals surface area contributed by atoms with Crippen molar-refractivity contribution in [2.75, 3.05) is 5.75 Å². The second-order valence-corrected chi connectivity index (χ2v) is 28.6. The number of thioether (sulfide) groups is 1. The maximum absolute atomic E-state index is 11.5.